The van der Waals surface area contributed by atoms with E-state index in [1.807, 2.05) is 0 Å². The highest BCUT2D eigenvalue weighted by molar-refractivity contribution is 6.06. The minimum Gasteiger partial charge on any atom is -0.456 e. The molecule has 3 N–H and O–H groups in total. The van der Waals surface area contributed by atoms with Crippen LogP contribution in [0.25, 0.3) is 0 Å². The number of carbonyl (C=O) groups excluding carboxylic acids is 2. The van der Waals surface area contributed by atoms with Crippen LogP contribution in [0, 0.1) is 18.6 Å². The molecule has 12 heteroatoms. The molecule has 1 fully saturated rings. The molecule has 2 amide bonds. The lowest BCUT2D eigenvalue weighted by Crippen LogP contribution is -2.36. The molecule has 7 nitrogen and oxygen atoms in total. The molecule has 4 rings (SSSR count). The topological polar surface area (TPSA) is 96.9 Å². The fourth-order valence-corrected chi connectivity index (χ4v) is 4.82. The van der Waals surface area contributed by atoms with Crippen molar-refractivity contribution in [3.05, 3.63) is 88.0 Å². The third kappa shape index (κ3) is 8.93. The van der Waals surface area contributed by atoms with E-state index in [-0.39, 0.29) is 40.7 Å². The molecule has 3 aromatic rings. The average Bonchev–Trinajstić information content (AvgIpc) is 3.74. The van der Waals surface area contributed by atoms with E-state index >= 15 is 4.39 Å². The summed E-state index contributed by atoms with van der Waals surface area (Å²) in [5.74, 6) is -2.66. The molecule has 0 radical (unpaired) electrons. The Morgan fingerprint density at radius 1 is 1.00 bits per heavy atom. The molecule has 2 unspecified atom stereocenters. The molecular formula is C33H35F5N2O5. The van der Waals surface area contributed by atoms with Crippen molar-refractivity contribution in [2.24, 2.45) is 0 Å². The number of carbonyl (C=O) groups is 2. The lowest BCUT2D eigenvalue weighted by Gasteiger charge is -2.25. The fraction of sp³-hybridized carbons (Fsp3) is 0.394. The number of aliphatic hydroxyl groups is 1. The molecule has 1 aliphatic carbocycles. The van der Waals surface area contributed by atoms with Gasteiger partial charge in [-0.05, 0) is 119 Å². The second-order valence-electron chi connectivity index (χ2n) is 12.2. The van der Waals surface area contributed by atoms with Gasteiger partial charge in [0.05, 0.1) is 23.3 Å². The highest BCUT2D eigenvalue weighted by Gasteiger charge is 2.40. The van der Waals surface area contributed by atoms with E-state index in [2.05, 4.69) is 10.6 Å². The van der Waals surface area contributed by atoms with E-state index in [0.29, 0.717) is 18.4 Å². The number of rotatable bonds is 9. The number of aryl methyl sites for hydroxylation is 1. The lowest BCUT2D eigenvalue weighted by molar-refractivity contribution is -0.138. The summed E-state index contributed by atoms with van der Waals surface area (Å²) in [6, 6.07) is 7.91. The first-order valence-electron chi connectivity index (χ1n) is 14.4. The smallest absolute Gasteiger partial charge is 0.416 e. The second-order valence-corrected chi connectivity index (χ2v) is 12.2. The van der Waals surface area contributed by atoms with Crippen LogP contribution in [-0.4, -0.2) is 28.8 Å². The maximum atomic E-state index is 15.0. The lowest BCUT2D eigenvalue weighted by atomic mass is 9.97. The summed E-state index contributed by atoms with van der Waals surface area (Å²) in [5, 5.41) is 15.0. The van der Waals surface area contributed by atoms with Gasteiger partial charge in [-0.3, -0.25) is 4.79 Å². The molecule has 0 aromatic heterocycles. The van der Waals surface area contributed by atoms with Crippen molar-refractivity contribution in [2.45, 2.75) is 83.7 Å². The van der Waals surface area contributed by atoms with Gasteiger partial charge in [-0.25, -0.2) is 13.6 Å². The van der Waals surface area contributed by atoms with E-state index in [4.69, 9.17) is 9.47 Å². The Morgan fingerprint density at radius 2 is 1.69 bits per heavy atom. The third-order valence-electron chi connectivity index (χ3n) is 6.97. The van der Waals surface area contributed by atoms with Gasteiger partial charge in [0.15, 0.2) is 0 Å². The molecule has 0 spiro atoms. The molecule has 0 aliphatic heterocycles. The van der Waals surface area contributed by atoms with Crippen LogP contribution in [0.2, 0.25) is 0 Å². The molecule has 0 heterocycles. The molecule has 0 bridgehead atoms. The van der Waals surface area contributed by atoms with Gasteiger partial charge in [-0.15, -0.1) is 0 Å². The highest BCUT2D eigenvalue weighted by atomic mass is 19.4. The predicted octanol–water partition coefficient (Wildman–Crippen LogP) is 8.55. The van der Waals surface area contributed by atoms with Crippen LogP contribution in [0.5, 0.6) is 11.5 Å². The number of nitrogens with one attached hydrogen (secondary N) is 2. The first kappa shape index (κ1) is 33.7. The Morgan fingerprint density at radius 3 is 2.27 bits per heavy atom. The zero-order valence-electron chi connectivity index (χ0n) is 25.4. The zero-order valence-corrected chi connectivity index (χ0v) is 25.4. The Kier molecular flexibility index (Phi) is 9.77. The van der Waals surface area contributed by atoms with Gasteiger partial charge in [0.25, 0.3) is 5.91 Å². The molecular weight excluding hydrogens is 599 g/mol. The number of amides is 2. The maximum absolute atomic E-state index is 15.0. The molecule has 1 saturated carbocycles. The Balaban J connectivity index is 1.72. The van der Waals surface area contributed by atoms with Crippen LogP contribution in [-0.2, 0) is 10.9 Å². The number of halogens is 5. The van der Waals surface area contributed by atoms with Crippen molar-refractivity contribution in [3.63, 3.8) is 0 Å². The average molecular weight is 635 g/mol. The number of alkyl halides is 3. The van der Waals surface area contributed by atoms with Crippen molar-refractivity contribution in [2.75, 3.05) is 5.32 Å². The maximum Gasteiger partial charge on any atom is 0.416 e. The van der Waals surface area contributed by atoms with Crippen LogP contribution < -0.4 is 15.4 Å². The van der Waals surface area contributed by atoms with Crippen molar-refractivity contribution >= 4 is 17.7 Å². The monoisotopic (exact) mass is 634 g/mol. The van der Waals surface area contributed by atoms with Gasteiger partial charge < -0.3 is 25.2 Å². The SMILES string of the molecule is Cc1cc(F)ccc1Oc1cc(C2CC2)c(C(F)(F)F)cc1C(=O)Nc1ccc(F)c(C(CC(C)O)NC(=O)OC(C)(C)C)c1. The van der Waals surface area contributed by atoms with Crippen LogP contribution in [0.3, 0.4) is 0 Å². The summed E-state index contributed by atoms with van der Waals surface area (Å²) in [4.78, 5) is 26.0. The van der Waals surface area contributed by atoms with E-state index in [1.165, 1.54) is 37.3 Å². The van der Waals surface area contributed by atoms with Crippen molar-refractivity contribution < 1.29 is 46.1 Å². The van der Waals surface area contributed by atoms with Gasteiger partial charge in [0, 0.05) is 11.3 Å². The summed E-state index contributed by atoms with van der Waals surface area (Å²) < 4.78 is 82.4. The Labute approximate surface area is 257 Å². The fourth-order valence-electron chi connectivity index (χ4n) is 4.82. The zero-order chi connectivity index (χ0) is 33.3. The molecule has 242 valence electrons. The number of hydrogen-bond donors (Lipinski definition) is 3. The Hall–Kier alpha value is -4.19. The van der Waals surface area contributed by atoms with Crippen molar-refractivity contribution in [1.29, 1.82) is 0 Å². The van der Waals surface area contributed by atoms with Crippen LogP contribution in [0.4, 0.5) is 32.4 Å². The minimum absolute atomic E-state index is 0.00159. The first-order chi connectivity index (χ1) is 20.9. The minimum atomic E-state index is -4.76. The molecule has 2 atom stereocenters. The van der Waals surface area contributed by atoms with Gasteiger partial charge in [0.2, 0.25) is 0 Å². The van der Waals surface area contributed by atoms with Crippen LogP contribution in [0.1, 0.15) is 91.5 Å². The number of hydrogen-bond acceptors (Lipinski definition) is 5. The number of anilines is 1. The molecule has 1 aliphatic rings. The van der Waals surface area contributed by atoms with Gasteiger partial charge in [0.1, 0.15) is 28.7 Å². The van der Waals surface area contributed by atoms with Crippen molar-refractivity contribution in [3.8, 4) is 11.5 Å². The number of benzene rings is 3. The largest absolute Gasteiger partial charge is 0.456 e. The van der Waals surface area contributed by atoms with E-state index in [0.717, 1.165) is 18.2 Å². The van der Waals surface area contributed by atoms with Gasteiger partial charge in [-0.2, -0.15) is 13.2 Å². The summed E-state index contributed by atoms with van der Waals surface area (Å²) in [6.45, 7) is 7.93. The summed E-state index contributed by atoms with van der Waals surface area (Å²) in [7, 11) is 0. The normalized spacial score (nSPS) is 14.8. The summed E-state index contributed by atoms with van der Waals surface area (Å²) in [5.41, 5.74) is -2.03. The summed E-state index contributed by atoms with van der Waals surface area (Å²) >= 11 is 0. The van der Waals surface area contributed by atoms with Gasteiger partial charge in [-0.1, -0.05) is 0 Å². The van der Waals surface area contributed by atoms with E-state index in [9.17, 15) is 32.3 Å². The van der Waals surface area contributed by atoms with E-state index in [1.54, 1.807) is 27.7 Å². The highest BCUT2D eigenvalue weighted by Crippen LogP contribution is 2.48. The molecule has 0 saturated heterocycles. The van der Waals surface area contributed by atoms with E-state index < -0.39 is 58.7 Å². The number of alkyl carbamates (subject to hydrolysis) is 1. The second kappa shape index (κ2) is 13.0. The van der Waals surface area contributed by atoms with Crippen LogP contribution >= 0.6 is 0 Å². The van der Waals surface area contributed by atoms with Crippen molar-refractivity contribution in [1.82, 2.24) is 5.32 Å². The number of aliphatic hydroxyl groups excluding tert-OH is 1. The molecule has 45 heavy (non-hydrogen) atoms. The Bertz CT molecular complexity index is 1580. The third-order valence-corrected chi connectivity index (χ3v) is 6.97. The number of ether oxygens (including phenoxy) is 2. The first-order valence-corrected chi connectivity index (χ1v) is 14.4. The standard InChI is InChI=1S/C33H35F5N2O5/c1-17-12-20(34)8-11-28(17)44-29-16-22(19-6-7-19)25(33(36,37)38)15-24(29)30(42)39-21-9-10-26(35)23(14-21)27(13-18(2)41)40-31(43)45-32(3,4)5/h8-12,14-16,18-19,27,41H,6-7,13H2,1-5H3,(H,39,42)(H,40,43). The van der Waals surface area contributed by atoms with Crippen LogP contribution in [0.15, 0.2) is 48.5 Å². The predicted molar refractivity (Wildman–Crippen MR) is 157 cm³/mol. The molecule has 3 aromatic carbocycles. The van der Waals surface area contributed by atoms with Gasteiger partial charge >= 0.3 is 12.3 Å². The quantitative estimate of drug-likeness (QED) is 0.205. The summed E-state index contributed by atoms with van der Waals surface area (Å²) in [6.07, 6.45) is -5.61.